The van der Waals surface area contributed by atoms with Crippen LogP contribution in [0, 0.1) is 0 Å². The molecule has 1 aliphatic rings. The standard InChI is InChI=1S/C20H20F3N3O4/c21-20(22,23)12-29-15-2-1-3-16(11-15)30-14-5-8-26(9-6-14)19(28)13-4-7-25-17(10-13)18(24)27/h1-4,7,10-11,14H,5-6,8-9,12H2,(H2,24,27). The van der Waals surface area contributed by atoms with Crippen molar-refractivity contribution in [3.8, 4) is 11.5 Å². The molecule has 0 saturated carbocycles. The molecule has 2 heterocycles. The molecule has 1 fully saturated rings. The lowest BCUT2D eigenvalue weighted by molar-refractivity contribution is -0.153. The lowest BCUT2D eigenvalue weighted by Crippen LogP contribution is -2.41. The van der Waals surface area contributed by atoms with E-state index in [-0.39, 0.29) is 23.5 Å². The lowest BCUT2D eigenvalue weighted by atomic mass is 10.1. The summed E-state index contributed by atoms with van der Waals surface area (Å²) in [5.74, 6) is -0.473. The largest absolute Gasteiger partial charge is 0.490 e. The predicted octanol–water partition coefficient (Wildman–Crippen LogP) is 2.81. The molecule has 0 radical (unpaired) electrons. The summed E-state index contributed by atoms with van der Waals surface area (Å²) in [6.07, 6.45) is -2.15. The first-order valence-corrected chi connectivity index (χ1v) is 9.23. The summed E-state index contributed by atoms with van der Waals surface area (Å²) in [5.41, 5.74) is 5.54. The van der Waals surface area contributed by atoms with Crippen LogP contribution in [0.2, 0.25) is 0 Å². The third-order valence-corrected chi connectivity index (χ3v) is 4.50. The number of rotatable bonds is 6. The van der Waals surface area contributed by atoms with E-state index in [1.54, 1.807) is 17.0 Å². The van der Waals surface area contributed by atoms with E-state index in [0.29, 0.717) is 37.2 Å². The van der Waals surface area contributed by atoms with Gasteiger partial charge in [-0.15, -0.1) is 0 Å². The van der Waals surface area contributed by atoms with Crippen LogP contribution in [0.25, 0.3) is 0 Å². The van der Waals surface area contributed by atoms with Crippen molar-refractivity contribution in [1.29, 1.82) is 0 Å². The summed E-state index contributed by atoms with van der Waals surface area (Å²) in [7, 11) is 0. The van der Waals surface area contributed by atoms with Crippen molar-refractivity contribution < 1.29 is 32.2 Å². The van der Waals surface area contributed by atoms with Gasteiger partial charge in [0.05, 0.1) is 0 Å². The number of amides is 2. The Morgan fingerprint density at radius 3 is 2.50 bits per heavy atom. The first kappa shape index (κ1) is 21.4. The zero-order valence-corrected chi connectivity index (χ0v) is 15.9. The molecule has 2 aromatic rings. The molecule has 1 aromatic carbocycles. The molecule has 10 heteroatoms. The second kappa shape index (κ2) is 9.02. The van der Waals surface area contributed by atoms with Gasteiger partial charge in [-0.2, -0.15) is 13.2 Å². The van der Waals surface area contributed by atoms with Crippen molar-refractivity contribution in [2.75, 3.05) is 19.7 Å². The van der Waals surface area contributed by atoms with Gasteiger partial charge in [0, 0.05) is 43.8 Å². The summed E-state index contributed by atoms with van der Waals surface area (Å²) in [6.45, 7) is -0.507. The van der Waals surface area contributed by atoms with Crippen molar-refractivity contribution in [1.82, 2.24) is 9.88 Å². The molecule has 1 saturated heterocycles. The van der Waals surface area contributed by atoms with E-state index in [4.69, 9.17) is 15.2 Å². The molecule has 30 heavy (non-hydrogen) atoms. The molecule has 1 aliphatic heterocycles. The minimum atomic E-state index is -4.41. The molecular formula is C20H20F3N3O4. The Hall–Kier alpha value is -3.30. The number of pyridine rings is 1. The van der Waals surface area contributed by atoms with Crippen LogP contribution < -0.4 is 15.2 Å². The number of primary amides is 1. The Labute approximate surface area is 170 Å². The van der Waals surface area contributed by atoms with Gasteiger partial charge in [0.2, 0.25) is 0 Å². The van der Waals surface area contributed by atoms with Crippen LogP contribution in [0.4, 0.5) is 13.2 Å². The molecule has 0 spiro atoms. The molecule has 0 bridgehead atoms. The second-order valence-corrected chi connectivity index (χ2v) is 6.78. The van der Waals surface area contributed by atoms with Gasteiger partial charge in [-0.3, -0.25) is 14.6 Å². The van der Waals surface area contributed by atoms with Crippen LogP contribution in [0.15, 0.2) is 42.6 Å². The Bertz CT molecular complexity index is 912. The quantitative estimate of drug-likeness (QED) is 0.771. The molecule has 7 nitrogen and oxygen atoms in total. The Morgan fingerprint density at radius 2 is 1.83 bits per heavy atom. The molecule has 3 rings (SSSR count). The van der Waals surface area contributed by atoms with Crippen LogP contribution in [0.5, 0.6) is 11.5 Å². The van der Waals surface area contributed by atoms with Gasteiger partial charge in [0.25, 0.3) is 11.8 Å². The van der Waals surface area contributed by atoms with Crippen molar-refractivity contribution in [3.05, 3.63) is 53.9 Å². The maximum Gasteiger partial charge on any atom is 0.422 e. The van der Waals surface area contributed by atoms with E-state index < -0.39 is 18.7 Å². The fourth-order valence-electron chi connectivity index (χ4n) is 3.05. The van der Waals surface area contributed by atoms with Crippen LogP contribution in [0.1, 0.15) is 33.7 Å². The number of carbonyl (C=O) groups is 2. The van der Waals surface area contributed by atoms with Crippen LogP contribution in [-0.4, -0.2) is 53.7 Å². The zero-order chi connectivity index (χ0) is 21.7. The van der Waals surface area contributed by atoms with Crippen molar-refractivity contribution in [2.45, 2.75) is 25.1 Å². The molecule has 0 unspecified atom stereocenters. The number of carbonyl (C=O) groups excluding carboxylic acids is 2. The maximum absolute atomic E-state index is 12.6. The topological polar surface area (TPSA) is 94.8 Å². The number of benzene rings is 1. The highest BCUT2D eigenvalue weighted by Crippen LogP contribution is 2.25. The van der Waals surface area contributed by atoms with Crippen LogP contribution >= 0.6 is 0 Å². The average Bonchev–Trinajstić information content (AvgIpc) is 2.72. The highest BCUT2D eigenvalue weighted by molar-refractivity contribution is 5.98. The van der Waals surface area contributed by atoms with Crippen molar-refractivity contribution >= 4 is 11.8 Å². The third-order valence-electron chi connectivity index (χ3n) is 4.50. The molecule has 0 aliphatic carbocycles. The smallest absolute Gasteiger partial charge is 0.422 e. The average molecular weight is 423 g/mol. The van der Waals surface area contributed by atoms with E-state index in [0.717, 1.165) is 0 Å². The number of aromatic nitrogens is 1. The molecule has 2 N–H and O–H groups in total. The van der Waals surface area contributed by atoms with Gasteiger partial charge in [-0.05, 0) is 24.3 Å². The van der Waals surface area contributed by atoms with E-state index in [9.17, 15) is 22.8 Å². The van der Waals surface area contributed by atoms with Gasteiger partial charge >= 0.3 is 6.18 Å². The van der Waals surface area contributed by atoms with E-state index in [1.165, 1.54) is 30.5 Å². The van der Waals surface area contributed by atoms with Gasteiger partial charge in [0.15, 0.2) is 6.61 Å². The van der Waals surface area contributed by atoms with Gasteiger partial charge in [-0.1, -0.05) is 6.07 Å². The zero-order valence-electron chi connectivity index (χ0n) is 15.9. The van der Waals surface area contributed by atoms with Crippen molar-refractivity contribution in [3.63, 3.8) is 0 Å². The number of hydrogen-bond acceptors (Lipinski definition) is 5. The maximum atomic E-state index is 12.6. The molecule has 0 atom stereocenters. The SMILES string of the molecule is NC(=O)c1cc(C(=O)N2CCC(Oc3cccc(OCC(F)(F)F)c3)CC2)ccn1. The number of ether oxygens (including phenoxy) is 2. The number of alkyl halides is 3. The summed E-state index contributed by atoms with van der Waals surface area (Å²) < 4.78 is 47.4. The number of hydrogen-bond donors (Lipinski definition) is 1. The minimum absolute atomic E-state index is 0.0201. The number of likely N-dealkylation sites (tertiary alicyclic amines) is 1. The predicted molar refractivity (Wildman–Crippen MR) is 100 cm³/mol. The minimum Gasteiger partial charge on any atom is -0.490 e. The number of nitrogens with zero attached hydrogens (tertiary/aromatic N) is 2. The number of nitrogens with two attached hydrogens (primary N) is 1. The molecule has 1 aromatic heterocycles. The summed E-state index contributed by atoms with van der Waals surface area (Å²) >= 11 is 0. The number of piperidine rings is 1. The molecule has 160 valence electrons. The summed E-state index contributed by atoms with van der Waals surface area (Å²) in [5, 5.41) is 0. The third kappa shape index (κ3) is 5.85. The fourth-order valence-corrected chi connectivity index (χ4v) is 3.05. The number of halogens is 3. The fraction of sp³-hybridized carbons (Fsp3) is 0.350. The van der Waals surface area contributed by atoms with Gasteiger partial charge in [0.1, 0.15) is 23.3 Å². The first-order chi connectivity index (χ1) is 14.2. The summed E-state index contributed by atoms with van der Waals surface area (Å²) in [4.78, 5) is 29.3. The lowest BCUT2D eigenvalue weighted by Gasteiger charge is -2.32. The van der Waals surface area contributed by atoms with E-state index >= 15 is 0 Å². The van der Waals surface area contributed by atoms with E-state index in [1.807, 2.05) is 0 Å². The van der Waals surface area contributed by atoms with Gasteiger partial charge < -0.3 is 20.1 Å². The second-order valence-electron chi connectivity index (χ2n) is 6.78. The summed E-state index contributed by atoms with van der Waals surface area (Å²) in [6, 6.07) is 8.91. The van der Waals surface area contributed by atoms with Crippen molar-refractivity contribution in [2.24, 2.45) is 5.73 Å². The molecule has 2 amide bonds. The highest BCUT2D eigenvalue weighted by Gasteiger charge is 2.29. The van der Waals surface area contributed by atoms with Gasteiger partial charge in [-0.25, -0.2) is 0 Å². The Kier molecular flexibility index (Phi) is 6.43. The Balaban J connectivity index is 1.54. The normalized spacial score (nSPS) is 15.0. The molecular weight excluding hydrogens is 403 g/mol. The van der Waals surface area contributed by atoms with Crippen LogP contribution in [-0.2, 0) is 0 Å². The van der Waals surface area contributed by atoms with E-state index in [2.05, 4.69) is 4.98 Å². The highest BCUT2D eigenvalue weighted by atomic mass is 19.4. The monoisotopic (exact) mass is 423 g/mol. The van der Waals surface area contributed by atoms with Crippen LogP contribution in [0.3, 0.4) is 0 Å². The first-order valence-electron chi connectivity index (χ1n) is 9.23. The Morgan fingerprint density at radius 1 is 1.13 bits per heavy atom.